The summed E-state index contributed by atoms with van der Waals surface area (Å²) in [6.07, 6.45) is 3.11. The monoisotopic (exact) mass is 451 g/mol. The number of nitrogens with zero attached hydrogens (tertiary/aromatic N) is 2. The Kier molecular flexibility index (Phi) is 5.13. The number of morpholine rings is 1. The summed E-state index contributed by atoms with van der Waals surface area (Å²) in [4.78, 5) is 20.0. The number of carbonyl (C=O) groups excluding carboxylic acids is 1. The van der Waals surface area contributed by atoms with Crippen molar-refractivity contribution < 1.29 is 19.0 Å². The zero-order valence-corrected chi connectivity index (χ0v) is 18.8. The molecular weight excluding hydrogens is 422 g/mol. The Labute approximate surface area is 192 Å². The van der Waals surface area contributed by atoms with Crippen LogP contribution in [-0.4, -0.2) is 67.4 Å². The van der Waals surface area contributed by atoms with Gasteiger partial charge in [0, 0.05) is 37.0 Å². The lowest BCUT2D eigenvalue weighted by Gasteiger charge is -2.29. The Bertz CT molecular complexity index is 1090. The first kappa shape index (κ1) is 20.4. The highest BCUT2D eigenvalue weighted by Crippen LogP contribution is 2.44. The van der Waals surface area contributed by atoms with Crippen LogP contribution in [-0.2, 0) is 11.2 Å². The molecule has 6 rings (SSSR count). The van der Waals surface area contributed by atoms with Crippen LogP contribution in [0.3, 0.4) is 0 Å². The summed E-state index contributed by atoms with van der Waals surface area (Å²) in [6, 6.07) is 5.93. The normalized spacial score (nSPS) is 22.2. The molecule has 9 heteroatoms. The minimum atomic E-state index is -0.0231. The number of carbonyl (C=O) groups is 1. The van der Waals surface area contributed by atoms with Crippen molar-refractivity contribution in [3.63, 3.8) is 0 Å². The first-order valence-corrected chi connectivity index (χ1v) is 11.9. The maximum atomic E-state index is 13.3. The van der Waals surface area contributed by atoms with Crippen LogP contribution in [0.2, 0.25) is 0 Å². The van der Waals surface area contributed by atoms with Gasteiger partial charge in [0.25, 0.3) is 5.91 Å². The third-order valence-corrected chi connectivity index (χ3v) is 6.56. The van der Waals surface area contributed by atoms with E-state index in [4.69, 9.17) is 19.2 Å². The van der Waals surface area contributed by atoms with E-state index in [1.807, 2.05) is 23.1 Å². The number of rotatable bonds is 6. The van der Waals surface area contributed by atoms with Gasteiger partial charge in [-0.3, -0.25) is 4.79 Å². The molecule has 174 valence electrons. The fourth-order valence-corrected chi connectivity index (χ4v) is 4.84. The summed E-state index contributed by atoms with van der Waals surface area (Å²) >= 11 is 0. The average molecular weight is 452 g/mol. The highest BCUT2D eigenvalue weighted by atomic mass is 16.6. The lowest BCUT2D eigenvalue weighted by molar-refractivity contribution is 0.0258. The highest BCUT2D eigenvalue weighted by molar-refractivity contribution is 5.99. The Balaban J connectivity index is 1.31. The summed E-state index contributed by atoms with van der Waals surface area (Å²) in [7, 11) is 0. The van der Waals surface area contributed by atoms with Crippen LogP contribution < -0.4 is 25.4 Å². The van der Waals surface area contributed by atoms with E-state index in [0.717, 1.165) is 49.5 Å². The molecule has 1 aromatic heterocycles. The van der Waals surface area contributed by atoms with Gasteiger partial charge in [-0.15, -0.1) is 0 Å². The molecule has 4 heterocycles. The molecule has 1 saturated carbocycles. The van der Waals surface area contributed by atoms with Gasteiger partial charge in [-0.05, 0) is 31.4 Å². The first-order chi connectivity index (χ1) is 16.2. The standard InChI is InChI=1S/C24H29N5O4/c1-2-6-25-17-12-20(28-23-14(17)5-7-26-23)27-16-4-3-15(21-22(16)33-11-10-32-21)24(30)29-8-9-31-19-13-18(19)29/h3-4,12,18-19H,2,5-11,13H2,1H3,(H3,25,26,27,28). The van der Waals surface area contributed by atoms with Crippen LogP contribution in [0.4, 0.5) is 23.0 Å². The zero-order valence-electron chi connectivity index (χ0n) is 18.8. The second-order valence-corrected chi connectivity index (χ2v) is 8.84. The molecule has 1 aliphatic carbocycles. The number of pyridine rings is 1. The molecule has 2 unspecified atom stereocenters. The van der Waals surface area contributed by atoms with Crippen LogP contribution in [0.25, 0.3) is 0 Å². The first-order valence-electron chi connectivity index (χ1n) is 11.9. The Morgan fingerprint density at radius 1 is 1.21 bits per heavy atom. The fraction of sp³-hybridized carbons (Fsp3) is 0.500. The second-order valence-electron chi connectivity index (χ2n) is 8.84. The second kappa shape index (κ2) is 8.30. The summed E-state index contributed by atoms with van der Waals surface area (Å²) in [5, 5.41) is 10.3. The SMILES string of the molecule is CCCNc1cc(Nc2ccc(C(=O)N3CCOC4CC43)c3c2OCCO3)nc2c1CCN2. The molecule has 0 radical (unpaired) electrons. The Hall–Kier alpha value is -3.20. The molecule has 33 heavy (non-hydrogen) atoms. The van der Waals surface area contributed by atoms with Crippen LogP contribution in [0, 0.1) is 0 Å². The molecule has 3 N–H and O–H groups in total. The van der Waals surface area contributed by atoms with Crippen molar-refractivity contribution in [1.82, 2.24) is 9.88 Å². The van der Waals surface area contributed by atoms with Gasteiger partial charge < -0.3 is 35.1 Å². The van der Waals surface area contributed by atoms with Crippen molar-refractivity contribution in [1.29, 1.82) is 0 Å². The molecule has 0 bridgehead atoms. The van der Waals surface area contributed by atoms with Crippen molar-refractivity contribution in [2.45, 2.75) is 38.3 Å². The van der Waals surface area contributed by atoms with Crippen LogP contribution >= 0.6 is 0 Å². The van der Waals surface area contributed by atoms with Gasteiger partial charge in [0.1, 0.15) is 24.8 Å². The number of anilines is 4. The molecule has 4 aliphatic rings. The molecule has 0 spiro atoms. The molecule has 2 aromatic rings. The molecular formula is C24H29N5O4. The number of benzene rings is 1. The topological polar surface area (TPSA) is 97.0 Å². The Morgan fingerprint density at radius 2 is 2.09 bits per heavy atom. The van der Waals surface area contributed by atoms with E-state index >= 15 is 0 Å². The predicted molar refractivity (Wildman–Crippen MR) is 125 cm³/mol. The number of amides is 1. The van der Waals surface area contributed by atoms with Gasteiger partial charge in [0.15, 0.2) is 11.5 Å². The fourth-order valence-electron chi connectivity index (χ4n) is 4.84. The number of aromatic nitrogens is 1. The molecule has 3 aliphatic heterocycles. The lowest BCUT2D eigenvalue weighted by Crippen LogP contribution is -2.41. The van der Waals surface area contributed by atoms with E-state index in [1.54, 1.807) is 0 Å². The minimum absolute atomic E-state index is 0.0231. The van der Waals surface area contributed by atoms with Crippen LogP contribution in [0.15, 0.2) is 18.2 Å². The third-order valence-electron chi connectivity index (χ3n) is 6.56. The molecule has 1 aromatic carbocycles. The van der Waals surface area contributed by atoms with Gasteiger partial charge >= 0.3 is 0 Å². The zero-order chi connectivity index (χ0) is 22.4. The number of hydrogen-bond acceptors (Lipinski definition) is 8. The van der Waals surface area contributed by atoms with Crippen molar-refractivity contribution in [2.75, 3.05) is 55.4 Å². The van der Waals surface area contributed by atoms with Gasteiger partial charge in [0.05, 0.1) is 30.0 Å². The largest absolute Gasteiger partial charge is 0.485 e. The van der Waals surface area contributed by atoms with E-state index in [9.17, 15) is 4.79 Å². The van der Waals surface area contributed by atoms with E-state index in [0.29, 0.717) is 49.2 Å². The van der Waals surface area contributed by atoms with E-state index in [2.05, 4.69) is 22.9 Å². The maximum absolute atomic E-state index is 13.3. The highest BCUT2D eigenvalue weighted by Gasteiger charge is 2.48. The summed E-state index contributed by atoms with van der Waals surface area (Å²) in [6.45, 7) is 5.98. The van der Waals surface area contributed by atoms with Gasteiger partial charge in [0.2, 0.25) is 0 Å². The van der Waals surface area contributed by atoms with Gasteiger partial charge in [-0.1, -0.05) is 6.92 Å². The summed E-state index contributed by atoms with van der Waals surface area (Å²) in [5.74, 6) is 2.66. The van der Waals surface area contributed by atoms with Crippen molar-refractivity contribution in [3.8, 4) is 11.5 Å². The van der Waals surface area contributed by atoms with Gasteiger partial charge in [-0.2, -0.15) is 0 Å². The van der Waals surface area contributed by atoms with Crippen molar-refractivity contribution in [3.05, 3.63) is 29.3 Å². The maximum Gasteiger partial charge on any atom is 0.258 e. The Morgan fingerprint density at radius 3 is 2.97 bits per heavy atom. The smallest absolute Gasteiger partial charge is 0.258 e. The van der Waals surface area contributed by atoms with Crippen molar-refractivity contribution >= 4 is 28.9 Å². The molecule has 2 fully saturated rings. The number of nitrogens with one attached hydrogen (secondary N) is 3. The van der Waals surface area contributed by atoms with E-state index < -0.39 is 0 Å². The van der Waals surface area contributed by atoms with Crippen LogP contribution in [0.1, 0.15) is 35.7 Å². The average Bonchev–Trinajstić information content (AvgIpc) is 3.50. The minimum Gasteiger partial charge on any atom is -0.485 e. The van der Waals surface area contributed by atoms with Gasteiger partial charge in [-0.25, -0.2) is 4.98 Å². The lowest BCUT2D eigenvalue weighted by atomic mass is 10.1. The molecule has 1 saturated heterocycles. The quantitative estimate of drug-likeness (QED) is 0.617. The molecule has 9 nitrogen and oxygen atoms in total. The van der Waals surface area contributed by atoms with E-state index in [1.165, 1.54) is 5.56 Å². The van der Waals surface area contributed by atoms with Crippen LogP contribution in [0.5, 0.6) is 11.5 Å². The van der Waals surface area contributed by atoms with Crippen molar-refractivity contribution in [2.24, 2.45) is 0 Å². The number of fused-ring (bicyclic) bond motifs is 3. The predicted octanol–water partition coefficient (Wildman–Crippen LogP) is 3.00. The molecule has 1 amide bonds. The summed E-state index contributed by atoms with van der Waals surface area (Å²) in [5.41, 5.74) is 3.59. The molecule has 2 atom stereocenters. The summed E-state index contributed by atoms with van der Waals surface area (Å²) < 4.78 is 17.6. The number of hydrogen-bond donors (Lipinski definition) is 3. The third kappa shape index (κ3) is 3.70. The van der Waals surface area contributed by atoms with E-state index in [-0.39, 0.29) is 18.1 Å². The number of ether oxygens (including phenoxy) is 3.